The van der Waals surface area contributed by atoms with E-state index in [1.807, 2.05) is 11.8 Å². The lowest BCUT2D eigenvalue weighted by molar-refractivity contribution is 0.0694. The molecule has 1 atom stereocenters. The summed E-state index contributed by atoms with van der Waals surface area (Å²) in [6.07, 6.45) is 2.82. The number of rotatable bonds is 2. The summed E-state index contributed by atoms with van der Waals surface area (Å²) in [7, 11) is 0. The van der Waals surface area contributed by atoms with Crippen molar-refractivity contribution in [3.8, 4) is 0 Å². The molecule has 0 radical (unpaired) electrons. The van der Waals surface area contributed by atoms with E-state index in [0.29, 0.717) is 50.1 Å². The number of carboxylic acid groups (broad SMARTS) is 1. The third kappa shape index (κ3) is 2.58. The van der Waals surface area contributed by atoms with Gasteiger partial charge in [0.25, 0.3) is 0 Å². The fourth-order valence-electron chi connectivity index (χ4n) is 4.28. The highest BCUT2D eigenvalue weighted by atomic mass is 19.1. The number of anilines is 1. The van der Waals surface area contributed by atoms with E-state index in [0.717, 1.165) is 5.56 Å². The molecule has 0 spiro atoms. The van der Waals surface area contributed by atoms with Crippen molar-refractivity contribution in [3.63, 3.8) is 0 Å². The van der Waals surface area contributed by atoms with Gasteiger partial charge in [-0.25, -0.2) is 9.18 Å². The molecule has 0 amide bonds. The summed E-state index contributed by atoms with van der Waals surface area (Å²) < 4.78 is 16.8. The summed E-state index contributed by atoms with van der Waals surface area (Å²) in [6.45, 7) is 3.74. The van der Waals surface area contributed by atoms with E-state index in [1.165, 1.54) is 12.3 Å². The van der Waals surface area contributed by atoms with Crippen LogP contribution < -0.4 is 10.3 Å². The fourth-order valence-corrected chi connectivity index (χ4v) is 4.28. The Hall–Kier alpha value is -2.41. The van der Waals surface area contributed by atoms with Gasteiger partial charge < -0.3 is 19.7 Å². The zero-order valence-electron chi connectivity index (χ0n) is 14.5. The van der Waals surface area contributed by atoms with Gasteiger partial charge in [-0.2, -0.15) is 0 Å². The predicted octanol–water partition coefficient (Wildman–Crippen LogP) is 1.99. The highest BCUT2D eigenvalue weighted by Gasteiger charge is 2.29. The van der Waals surface area contributed by atoms with Crippen LogP contribution in [-0.2, 0) is 13.0 Å². The smallest absolute Gasteiger partial charge is 0.341 e. The Kier molecular flexibility index (Phi) is 3.99. The molecule has 0 saturated carbocycles. The normalized spacial score (nSPS) is 20.6. The predicted molar refractivity (Wildman–Crippen MR) is 95.4 cm³/mol. The second-order valence-corrected chi connectivity index (χ2v) is 7.44. The van der Waals surface area contributed by atoms with Crippen LogP contribution in [0.3, 0.4) is 0 Å². The Balaban J connectivity index is 1.99. The van der Waals surface area contributed by atoms with Gasteiger partial charge in [0.15, 0.2) is 0 Å². The maximum atomic E-state index is 15.0. The average molecular weight is 360 g/mol. The summed E-state index contributed by atoms with van der Waals surface area (Å²) in [5, 5.41) is 19.2. The average Bonchev–Trinajstić information content (AvgIpc) is 2.58. The summed E-state index contributed by atoms with van der Waals surface area (Å²) in [5.41, 5.74) is 0.932. The number of halogens is 1. The summed E-state index contributed by atoms with van der Waals surface area (Å²) >= 11 is 0. The van der Waals surface area contributed by atoms with Crippen molar-refractivity contribution in [1.29, 1.82) is 0 Å². The molecule has 1 saturated heterocycles. The molecule has 2 aliphatic rings. The van der Waals surface area contributed by atoms with Gasteiger partial charge in [0, 0.05) is 36.8 Å². The van der Waals surface area contributed by atoms with Gasteiger partial charge >= 0.3 is 5.97 Å². The second-order valence-electron chi connectivity index (χ2n) is 7.44. The van der Waals surface area contributed by atoms with Gasteiger partial charge in [-0.15, -0.1) is 0 Å². The second kappa shape index (κ2) is 6.09. The number of aromatic carboxylic acids is 1. The minimum Gasteiger partial charge on any atom is -0.477 e. The third-order valence-corrected chi connectivity index (χ3v) is 5.46. The SMILES string of the molecule is C[C@H]1Cc2c(N3CCC(O)CC3)c(F)cc3c(=O)c(C(=O)O)cn(c23)C1. The van der Waals surface area contributed by atoms with E-state index < -0.39 is 17.2 Å². The number of pyridine rings is 1. The highest BCUT2D eigenvalue weighted by Crippen LogP contribution is 2.37. The molecule has 0 bridgehead atoms. The topological polar surface area (TPSA) is 82.8 Å². The first-order valence-electron chi connectivity index (χ1n) is 8.91. The molecule has 0 unspecified atom stereocenters. The Morgan fingerprint density at radius 1 is 1.31 bits per heavy atom. The van der Waals surface area contributed by atoms with Gasteiger partial charge in [-0.1, -0.05) is 6.92 Å². The largest absolute Gasteiger partial charge is 0.477 e. The number of hydrogen-bond donors (Lipinski definition) is 2. The molecule has 2 N–H and O–H groups in total. The molecule has 7 heteroatoms. The summed E-state index contributed by atoms with van der Waals surface area (Å²) in [5.74, 6) is -1.59. The van der Waals surface area contributed by atoms with Crippen LogP contribution in [0.15, 0.2) is 17.1 Å². The van der Waals surface area contributed by atoms with Gasteiger partial charge in [-0.05, 0) is 31.2 Å². The first kappa shape index (κ1) is 17.0. The van der Waals surface area contributed by atoms with Crippen molar-refractivity contribution in [2.24, 2.45) is 5.92 Å². The minimum absolute atomic E-state index is 0.130. The number of aromatic nitrogens is 1. The van der Waals surface area contributed by atoms with E-state index in [-0.39, 0.29) is 23.0 Å². The fraction of sp³-hybridized carbons (Fsp3) is 0.474. The van der Waals surface area contributed by atoms with Crippen molar-refractivity contribution in [2.45, 2.75) is 38.8 Å². The molecule has 1 aromatic heterocycles. The van der Waals surface area contributed by atoms with Crippen LogP contribution in [-0.4, -0.2) is 39.9 Å². The van der Waals surface area contributed by atoms with Crippen molar-refractivity contribution in [3.05, 3.63) is 39.4 Å². The zero-order chi connectivity index (χ0) is 18.6. The van der Waals surface area contributed by atoms with Gasteiger partial charge in [0.1, 0.15) is 11.4 Å². The number of aliphatic hydroxyl groups is 1. The van der Waals surface area contributed by atoms with Crippen molar-refractivity contribution >= 4 is 22.6 Å². The number of benzene rings is 1. The van der Waals surface area contributed by atoms with Crippen molar-refractivity contribution < 1.29 is 19.4 Å². The Labute approximate surface area is 149 Å². The lowest BCUT2D eigenvalue weighted by Crippen LogP contribution is -2.38. The van der Waals surface area contributed by atoms with Crippen LogP contribution in [0.2, 0.25) is 0 Å². The zero-order valence-corrected chi connectivity index (χ0v) is 14.5. The molecule has 6 nitrogen and oxygen atoms in total. The molecule has 138 valence electrons. The number of carbonyl (C=O) groups is 1. The molecule has 1 aromatic carbocycles. The number of carboxylic acids is 1. The van der Waals surface area contributed by atoms with Crippen LogP contribution >= 0.6 is 0 Å². The lowest BCUT2D eigenvalue weighted by atomic mass is 9.91. The minimum atomic E-state index is -1.30. The summed E-state index contributed by atoms with van der Waals surface area (Å²) in [4.78, 5) is 25.9. The van der Waals surface area contributed by atoms with Gasteiger partial charge in [0.2, 0.25) is 5.43 Å². The molecule has 0 aliphatic carbocycles. The van der Waals surface area contributed by atoms with Gasteiger partial charge in [-0.3, -0.25) is 4.79 Å². The number of hydrogen-bond acceptors (Lipinski definition) is 4. The molecule has 26 heavy (non-hydrogen) atoms. The molecular weight excluding hydrogens is 339 g/mol. The number of nitrogens with zero attached hydrogens (tertiary/aromatic N) is 2. The number of aliphatic hydroxyl groups excluding tert-OH is 1. The molecule has 1 fully saturated rings. The van der Waals surface area contributed by atoms with Crippen LogP contribution in [0.1, 0.15) is 35.7 Å². The highest BCUT2D eigenvalue weighted by molar-refractivity contribution is 5.95. The van der Waals surface area contributed by atoms with Crippen molar-refractivity contribution in [2.75, 3.05) is 18.0 Å². The maximum Gasteiger partial charge on any atom is 0.341 e. The van der Waals surface area contributed by atoms with Gasteiger partial charge in [0.05, 0.1) is 17.3 Å². The third-order valence-electron chi connectivity index (χ3n) is 5.46. The first-order valence-corrected chi connectivity index (χ1v) is 8.91. The van der Waals surface area contributed by atoms with E-state index in [1.54, 1.807) is 4.57 Å². The Bertz CT molecular complexity index is 960. The molecule has 3 heterocycles. The van der Waals surface area contributed by atoms with E-state index in [2.05, 4.69) is 0 Å². The molecule has 2 aromatic rings. The molecule has 2 aliphatic heterocycles. The van der Waals surface area contributed by atoms with Crippen molar-refractivity contribution in [1.82, 2.24) is 4.57 Å². The van der Waals surface area contributed by atoms with E-state index >= 15 is 4.39 Å². The lowest BCUT2D eigenvalue weighted by Gasteiger charge is -2.35. The van der Waals surface area contributed by atoms with Crippen LogP contribution in [0.4, 0.5) is 10.1 Å². The quantitative estimate of drug-likeness (QED) is 0.856. The van der Waals surface area contributed by atoms with Crippen LogP contribution in [0.25, 0.3) is 10.9 Å². The Morgan fingerprint density at radius 3 is 2.65 bits per heavy atom. The van der Waals surface area contributed by atoms with Crippen LogP contribution in [0, 0.1) is 11.7 Å². The van der Waals surface area contributed by atoms with E-state index in [9.17, 15) is 19.8 Å². The first-order chi connectivity index (χ1) is 12.4. The maximum absolute atomic E-state index is 15.0. The standard InChI is InChI=1S/C19H21FN2O4/c1-10-6-12-16-13(18(24)14(19(25)26)9-22(16)8-10)7-15(20)17(12)21-4-2-11(23)3-5-21/h7,9-11,23H,2-6,8H2,1H3,(H,25,26)/t10-/m0/s1. The molecule has 4 rings (SSSR count). The number of piperidine rings is 1. The monoisotopic (exact) mass is 360 g/mol. The van der Waals surface area contributed by atoms with E-state index in [4.69, 9.17) is 0 Å². The summed E-state index contributed by atoms with van der Waals surface area (Å²) in [6, 6.07) is 1.18. The molecular formula is C19H21FN2O4. The van der Waals surface area contributed by atoms with Crippen LogP contribution in [0.5, 0.6) is 0 Å². The Morgan fingerprint density at radius 2 is 2.00 bits per heavy atom.